The van der Waals surface area contributed by atoms with Crippen LogP contribution >= 0.6 is 0 Å². The van der Waals surface area contributed by atoms with Crippen molar-refractivity contribution in [1.29, 1.82) is 0 Å². The fraction of sp³-hybridized carbons (Fsp3) is 0.571. The number of piperazine rings is 1. The number of benzene rings is 1. The molecule has 0 amide bonds. The fourth-order valence-electron chi connectivity index (χ4n) is 2.53. The van der Waals surface area contributed by atoms with Gasteiger partial charge in [-0.05, 0) is 26.2 Å². The summed E-state index contributed by atoms with van der Waals surface area (Å²) in [6.07, 6.45) is -0.777. The zero-order chi connectivity index (χ0) is 14.0. The Bertz CT molecular complexity index is 421. The standard InChI is InChI=1S/C14H20F2N2O/c1-17-6-7-18(2)13(9-17)14(19)8-10-11(15)4-3-5-12(10)16/h3-5,13-14,19H,6-9H2,1-2H3. The SMILES string of the molecule is CN1CCN(C)C(C(O)Cc2c(F)cccc2F)C1. The normalized spacial score (nSPS) is 23.5. The van der Waals surface area contributed by atoms with E-state index in [4.69, 9.17) is 0 Å². The smallest absolute Gasteiger partial charge is 0.129 e. The van der Waals surface area contributed by atoms with Crippen molar-refractivity contribution < 1.29 is 13.9 Å². The number of aliphatic hydroxyl groups excluding tert-OH is 1. The maximum Gasteiger partial charge on any atom is 0.129 e. The van der Waals surface area contributed by atoms with E-state index in [-0.39, 0.29) is 18.0 Å². The van der Waals surface area contributed by atoms with Gasteiger partial charge in [0, 0.05) is 37.7 Å². The molecule has 1 aromatic rings. The largest absolute Gasteiger partial charge is 0.391 e. The summed E-state index contributed by atoms with van der Waals surface area (Å²) in [5.74, 6) is -1.18. The highest BCUT2D eigenvalue weighted by Crippen LogP contribution is 2.18. The second kappa shape index (κ2) is 5.94. The van der Waals surface area contributed by atoms with Crippen LogP contribution in [0.15, 0.2) is 18.2 Å². The van der Waals surface area contributed by atoms with Crippen LogP contribution in [0.5, 0.6) is 0 Å². The molecule has 5 heteroatoms. The van der Waals surface area contributed by atoms with E-state index in [1.807, 2.05) is 19.0 Å². The van der Waals surface area contributed by atoms with Crippen LogP contribution in [0.4, 0.5) is 8.78 Å². The van der Waals surface area contributed by atoms with E-state index in [9.17, 15) is 13.9 Å². The number of halogens is 2. The molecule has 0 aliphatic carbocycles. The summed E-state index contributed by atoms with van der Waals surface area (Å²) in [6.45, 7) is 2.49. The van der Waals surface area contributed by atoms with Crippen LogP contribution in [0, 0.1) is 11.6 Å². The molecule has 19 heavy (non-hydrogen) atoms. The summed E-state index contributed by atoms with van der Waals surface area (Å²) in [5.41, 5.74) is -0.0309. The molecular formula is C14H20F2N2O. The summed E-state index contributed by atoms with van der Waals surface area (Å²) in [4.78, 5) is 4.16. The molecule has 1 saturated heterocycles. The predicted molar refractivity (Wildman–Crippen MR) is 70.0 cm³/mol. The van der Waals surface area contributed by atoms with Crippen LogP contribution in [-0.4, -0.2) is 60.8 Å². The van der Waals surface area contributed by atoms with Gasteiger partial charge in [0.1, 0.15) is 11.6 Å². The van der Waals surface area contributed by atoms with E-state index >= 15 is 0 Å². The van der Waals surface area contributed by atoms with Gasteiger partial charge in [0.25, 0.3) is 0 Å². The molecule has 1 aromatic carbocycles. The van der Waals surface area contributed by atoms with E-state index in [2.05, 4.69) is 4.90 Å². The first-order valence-corrected chi connectivity index (χ1v) is 6.48. The minimum absolute atomic E-state index is 0.00134. The molecule has 1 aliphatic heterocycles. The molecule has 2 unspecified atom stereocenters. The van der Waals surface area contributed by atoms with Crippen molar-refractivity contribution in [2.45, 2.75) is 18.6 Å². The first-order chi connectivity index (χ1) is 8.99. The summed E-state index contributed by atoms with van der Waals surface area (Å²) in [7, 11) is 3.91. The molecule has 3 nitrogen and oxygen atoms in total. The Kier molecular flexibility index (Phi) is 4.50. The average molecular weight is 270 g/mol. The van der Waals surface area contributed by atoms with Gasteiger partial charge in [-0.3, -0.25) is 4.90 Å². The number of likely N-dealkylation sites (N-methyl/N-ethyl adjacent to an activating group) is 2. The molecular weight excluding hydrogens is 250 g/mol. The van der Waals surface area contributed by atoms with E-state index in [1.54, 1.807) is 0 Å². The molecule has 1 aliphatic rings. The van der Waals surface area contributed by atoms with Gasteiger partial charge in [-0.1, -0.05) is 6.07 Å². The lowest BCUT2D eigenvalue weighted by molar-refractivity contribution is 0.0145. The third kappa shape index (κ3) is 3.29. The zero-order valence-corrected chi connectivity index (χ0v) is 11.3. The number of hydrogen-bond acceptors (Lipinski definition) is 3. The highest BCUT2D eigenvalue weighted by molar-refractivity contribution is 5.20. The minimum Gasteiger partial charge on any atom is -0.391 e. The van der Waals surface area contributed by atoms with Gasteiger partial charge in [0.05, 0.1) is 6.10 Å². The summed E-state index contributed by atoms with van der Waals surface area (Å²) in [5, 5.41) is 10.3. The summed E-state index contributed by atoms with van der Waals surface area (Å²) < 4.78 is 27.2. The molecule has 0 saturated carbocycles. The lowest BCUT2D eigenvalue weighted by Crippen LogP contribution is -2.55. The highest BCUT2D eigenvalue weighted by atomic mass is 19.1. The van der Waals surface area contributed by atoms with Crippen LogP contribution < -0.4 is 0 Å². The van der Waals surface area contributed by atoms with Gasteiger partial charge in [0.15, 0.2) is 0 Å². The maximum atomic E-state index is 13.6. The molecule has 1 fully saturated rings. The van der Waals surface area contributed by atoms with Crippen molar-refractivity contribution in [3.05, 3.63) is 35.4 Å². The molecule has 1 heterocycles. The fourth-order valence-corrected chi connectivity index (χ4v) is 2.53. The van der Waals surface area contributed by atoms with Crippen LogP contribution in [0.2, 0.25) is 0 Å². The van der Waals surface area contributed by atoms with Crippen LogP contribution in [0.1, 0.15) is 5.56 Å². The van der Waals surface area contributed by atoms with Crippen molar-refractivity contribution in [3.63, 3.8) is 0 Å². The Morgan fingerprint density at radius 3 is 2.53 bits per heavy atom. The molecule has 2 rings (SSSR count). The van der Waals surface area contributed by atoms with Crippen molar-refractivity contribution >= 4 is 0 Å². The third-order valence-corrected chi connectivity index (χ3v) is 3.82. The average Bonchev–Trinajstić information content (AvgIpc) is 2.37. The molecule has 106 valence electrons. The van der Waals surface area contributed by atoms with Gasteiger partial charge in [0.2, 0.25) is 0 Å². The van der Waals surface area contributed by atoms with Gasteiger partial charge in [-0.2, -0.15) is 0 Å². The topological polar surface area (TPSA) is 26.7 Å². The van der Waals surface area contributed by atoms with Gasteiger partial charge in [-0.15, -0.1) is 0 Å². The molecule has 0 spiro atoms. The Morgan fingerprint density at radius 2 is 1.89 bits per heavy atom. The van der Waals surface area contributed by atoms with Gasteiger partial charge < -0.3 is 10.0 Å². The quantitative estimate of drug-likeness (QED) is 0.891. The first-order valence-electron chi connectivity index (χ1n) is 6.48. The Hall–Kier alpha value is -1.04. The number of hydrogen-bond donors (Lipinski definition) is 1. The molecule has 2 atom stereocenters. The lowest BCUT2D eigenvalue weighted by Gasteiger charge is -2.40. The number of rotatable bonds is 3. The zero-order valence-electron chi connectivity index (χ0n) is 11.3. The van der Waals surface area contributed by atoms with Gasteiger partial charge in [-0.25, -0.2) is 8.78 Å². The molecule has 0 bridgehead atoms. The number of nitrogens with zero attached hydrogens (tertiary/aromatic N) is 2. The second-order valence-corrected chi connectivity index (χ2v) is 5.28. The van der Waals surface area contributed by atoms with Crippen molar-refractivity contribution in [3.8, 4) is 0 Å². The lowest BCUT2D eigenvalue weighted by atomic mass is 9.98. The van der Waals surface area contributed by atoms with Gasteiger partial charge >= 0.3 is 0 Å². The molecule has 1 N–H and O–H groups in total. The summed E-state index contributed by atoms with van der Waals surface area (Å²) in [6, 6.07) is 3.68. The molecule has 0 aromatic heterocycles. The Morgan fingerprint density at radius 1 is 1.26 bits per heavy atom. The van der Waals surface area contributed by atoms with Crippen LogP contribution in [0.3, 0.4) is 0 Å². The van der Waals surface area contributed by atoms with E-state index in [0.717, 1.165) is 13.1 Å². The van der Waals surface area contributed by atoms with Crippen LogP contribution in [0.25, 0.3) is 0 Å². The highest BCUT2D eigenvalue weighted by Gasteiger charge is 2.29. The van der Waals surface area contributed by atoms with Crippen molar-refractivity contribution in [2.75, 3.05) is 33.7 Å². The van der Waals surface area contributed by atoms with Crippen LogP contribution in [-0.2, 0) is 6.42 Å². The first kappa shape index (κ1) is 14.4. The summed E-state index contributed by atoms with van der Waals surface area (Å²) >= 11 is 0. The van der Waals surface area contributed by atoms with E-state index in [0.29, 0.717) is 6.54 Å². The monoisotopic (exact) mass is 270 g/mol. The third-order valence-electron chi connectivity index (χ3n) is 3.82. The second-order valence-electron chi connectivity index (χ2n) is 5.28. The van der Waals surface area contributed by atoms with Crippen molar-refractivity contribution in [2.24, 2.45) is 0 Å². The number of aliphatic hydroxyl groups is 1. The molecule has 0 radical (unpaired) electrons. The minimum atomic E-state index is -0.779. The van der Waals surface area contributed by atoms with Crippen molar-refractivity contribution in [1.82, 2.24) is 9.80 Å². The Labute approximate surface area is 112 Å². The predicted octanol–water partition coefficient (Wildman–Crippen LogP) is 1.11. The Balaban J connectivity index is 2.10. The van der Waals surface area contributed by atoms with E-state index in [1.165, 1.54) is 18.2 Å². The van der Waals surface area contributed by atoms with E-state index < -0.39 is 17.7 Å². The maximum absolute atomic E-state index is 13.6.